The summed E-state index contributed by atoms with van der Waals surface area (Å²) in [5.41, 5.74) is 1.56. The van der Waals surface area contributed by atoms with Gasteiger partial charge in [0, 0.05) is 26.3 Å². The Morgan fingerprint density at radius 2 is 2.05 bits per heavy atom. The lowest BCUT2D eigenvalue weighted by atomic mass is 9.63. The zero-order valence-corrected chi connectivity index (χ0v) is 12.3. The Bertz CT molecular complexity index is 427. The highest BCUT2D eigenvalue weighted by atomic mass is 16.5. The van der Waals surface area contributed by atoms with Gasteiger partial charge in [0.25, 0.3) is 0 Å². The number of rotatable bonds is 6. The predicted octanol–water partition coefficient (Wildman–Crippen LogP) is 2.44. The summed E-state index contributed by atoms with van der Waals surface area (Å²) in [5, 5.41) is 5.88. The van der Waals surface area contributed by atoms with E-state index in [1.807, 2.05) is 6.07 Å². The summed E-state index contributed by atoms with van der Waals surface area (Å²) < 4.78 is 4.94. The Kier molecular flexibility index (Phi) is 5.01. The molecule has 0 aliphatic heterocycles. The molecule has 0 radical (unpaired) electrons. The number of amides is 2. The second-order valence-corrected chi connectivity index (χ2v) is 5.78. The number of benzene rings is 1. The Balaban J connectivity index is 1.70. The van der Waals surface area contributed by atoms with Gasteiger partial charge in [-0.15, -0.1) is 0 Å². The molecule has 1 fully saturated rings. The van der Waals surface area contributed by atoms with Gasteiger partial charge < -0.3 is 15.4 Å². The van der Waals surface area contributed by atoms with Crippen molar-refractivity contribution in [1.82, 2.24) is 10.6 Å². The maximum absolute atomic E-state index is 11.7. The lowest BCUT2D eigenvalue weighted by Gasteiger charge is -2.46. The summed E-state index contributed by atoms with van der Waals surface area (Å²) >= 11 is 0. The smallest absolute Gasteiger partial charge is 0.315 e. The number of urea groups is 1. The van der Waals surface area contributed by atoms with Crippen molar-refractivity contribution in [2.24, 2.45) is 0 Å². The van der Waals surface area contributed by atoms with Crippen LogP contribution in [0.5, 0.6) is 0 Å². The molecule has 1 aliphatic rings. The first-order chi connectivity index (χ1) is 9.64. The molecule has 0 bridgehead atoms. The van der Waals surface area contributed by atoms with Gasteiger partial charge in [0.1, 0.15) is 0 Å². The molecule has 0 heterocycles. The number of nitrogens with one attached hydrogen (secondary N) is 2. The summed E-state index contributed by atoms with van der Waals surface area (Å²) in [4.78, 5) is 11.7. The Morgan fingerprint density at radius 1 is 1.35 bits per heavy atom. The van der Waals surface area contributed by atoms with Crippen LogP contribution in [0.4, 0.5) is 4.79 Å². The first kappa shape index (κ1) is 14.9. The molecule has 0 atom stereocenters. The van der Waals surface area contributed by atoms with Gasteiger partial charge in [-0.3, -0.25) is 0 Å². The minimum absolute atomic E-state index is 0.0683. The summed E-state index contributed by atoms with van der Waals surface area (Å²) in [6, 6.07) is 10.7. The van der Waals surface area contributed by atoms with E-state index < -0.39 is 0 Å². The molecule has 1 aromatic rings. The molecule has 1 aromatic carbocycles. The molecular weight excluding hydrogens is 252 g/mol. The zero-order chi connectivity index (χ0) is 14.4. The second-order valence-electron chi connectivity index (χ2n) is 5.78. The first-order valence-electron chi connectivity index (χ1n) is 7.23. The van der Waals surface area contributed by atoms with E-state index in [1.54, 1.807) is 7.11 Å². The van der Waals surface area contributed by atoms with Crippen molar-refractivity contribution in [1.29, 1.82) is 0 Å². The third kappa shape index (κ3) is 3.73. The Hall–Kier alpha value is -1.55. The van der Waals surface area contributed by atoms with Crippen molar-refractivity contribution in [3.8, 4) is 0 Å². The van der Waals surface area contributed by atoms with Crippen LogP contribution in [0.1, 0.15) is 31.7 Å². The van der Waals surface area contributed by atoms with Gasteiger partial charge in [0.2, 0.25) is 0 Å². The van der Waals surface area contributed by atoms with E-state index in [0.717, 1.165) is 19.3 Å². The predicted molar refractivity (Wildman–Crippen MR) is 79.8 cm³/mol. The molecule has 2 N–H and O–H groups in total. The maximum Gasteiger partial charge on any atom is 0.315 e. The van der Waals surface area contributed by atoms with E-state index in [9.17, 15) is 4.79 Å². The molecule has 2 amide bonds. The van der Waals surface area contributed by atoms with Crippen LogP contribution in [-0.4, -0.2) is 32.3 Å². The van der Waals surface area contributed by atoms with Crippen LogP contribution in [0.15, 0.2) is 30.3 Å². The molecule has 1 saturated carbocycles. The van der Waals surface area contributed by atoms with Crippen LogP contribution in [0, 0.1) is 0 Å². The van der Waals surface area contributed by atoms with E-state index in [2.05, 4.69) is 41.8 Å². The summed E-state index contributed by atoms with van der Waals surface area (Å²) in [5.74, 6) is 0. The van der Waals surface area contributed by atoms with Crippen LogP contribution < -0.4 is 10.6 Å². The molecule has 0 spiro atoms. The fourth-order valence-electron chi connectivity index (χ4n) is 2.86. The minimum Gasteiger partial charge on any atom is -0.385 e. The first-order valence-corrected chi connectivity index (χ1v) is 7.23. The normalized spacial score (nSPS) is 24.8. The van der Waals surface area contributed by atoms with Crippen LogP contribution in [0.2, 0.25) is 0 Å². The highest BCUT2D eigenvalue weighted by molar-refractivity contribution is 5.74. The lowest BCUT2D eigenvalue weighted by Crippen LogP contribution is -2.54. The average molecular weight is 276 g/mol. The fourth-order valence-corrected chi connectivity index (χ4v) is 2.86. The van der Waals surface area contributed by atoms with Crippen molar-refractivity contribution in [2.45, 2.75) is 37.6 Å². The SMILES string of the molecule is COCCCNC(=O)NC1CC(C)(c2ccccc2)C1. The number of hydrogen-bond acceptors (Lipinski definition) is 2. The number of ether oxygens (including phenoxy) is 1. The molecule has 20 heavy (non-hydrogen) atoms. The summed E-state index contributed by atoms with van der Waals surface area (Å²) in [7, 11) is 1.67. The third-order valence-electron chi connectivity index (χ3n) is 4.01. The van der Waals surface area contributed by atoms with Crippen molar-refractivity contribution >= 4 is 6.03 Å². The van der Waals surface area contributed by atoms with Gasteiger partial charge in [-0.25, -0.2) is 4.79 Å². The maximum atomic E-state index is 11.7. The summed E-state index contributed by atoms with van der Waals surface area (Å²) in [6.07, 6.45) is 2.85. The van der Waals surface area contributed by atoms with Crippen LogP contribution in [0.25, 0.3) is 0 Å². The van der Waals surface area contributed by atoms with Gasteiger partial charge >= 0.3 is 6.03 Å². The third-order valence-corrected chi connectivity index (χ3v) is 4.01. The van der Waals surface area contributed by atoms with E-state index in [1.165, 1.54) is 5.56 Å². The summed E-state index contributed by atoms with van der Waals surface area (Å²) in [6.45, 7) is 3.59. The molecule has 4 heteroatoms. The van der Waals surface area contributed by atoms with Gasteiger partial charge in [-0.1, -0.05) is 37.3 Å². The number of methoxy groups -OCH3 is 1. The van der Waals surface area contributed by atoms with Gasteiger partial charge in [-0.2, -0.15) is 0 Å². The molecule has 110 valence electrons. The van der Waals surface area contributed by atoms with E-state index in [0.29, 0.717) is 13.2 Å². The van der Waals surface area contributed by atoms with Gasteiger partial charge in [0.05, 0.1) is 0 Å². The fraction of sp³-hybridized carbons (Fsp3) is 0.562. The topological polar surface area (TPSA) is 50.4 Å². The molecule has 4 nitrogen and oxygen atoms in total. The van der Waals surface area contributed by atoms with Crippen molar-refractivity contribution in [3.63, 3.8) is 0 Å². The number of hydrogen-bond donors (Lipinski definition) is 2. The Labute approximate surface area is 120 Å². The van der Waals surface area contributed by atoms with Crippen molar-refractivity contribution in [2.75, 3.05) is 20.3 Å². The lowest BCUT2D eigenvalue weighted by molar-refractivity contribution is 0.179. The zero-order valence-electron chi connectivity index (χ0n) is 12.3. The van der Waals surface area contributed by atoms with E-state index >= 15 is 0 Å². The largest absolute Gasteiger partial charge is 0.385 e. The van der Waals surface area contributed by atoms with Crippen LogP contribution in [-0.2, 0) is 10.2 Å². The molecule has 1 aliphatic carbocycles. The average Bonchev–Trinajstić information content (AvgIpc) is 2.43. The standard InChI is InChI=1S/C16H24N2O2/c1-16(13-7-4-3-5-8-13)11-14(12-16)18-15(19)17-9-6-10-20-2/h3-5,7-8,14H,6,9-12H2,1-2H3,(H2,17,18,19). The number of carbonyl (C=O) groups is 1. The van der Waals surface area contributed by atoms with E-state index in [4.69, 9.17) is 4.74 Å². The highest BCUT2D eigenvalue weighted by Crippen LogP contribution is 2.43. The quantitative estimate of drug-likeness (QED) is 0.784. The van der Waals surface area contributed by atoms with E-state index in [-0.39, 0.29) is 17.5 Å². The van der Waals surface area contributed by atoms with Crippen LogP contribution >= 0.6 is 0 Å². The molecule has 2 rings (SSSR count). The Morgan fingerprint density at radius 3 is 2.70 bits per heavy atom. The van der Waals surface area contributed by atoms with Gasteiger partial charge in [0.15, 0.2) is 0 Å². The monoisotopic (exact) mass is 276 g/mol. The minimum atomic E-state index is -0.0683. The van der Waals surface area contributed by atoms with Gasteiger partial charge in [-0.05, 0) is 30.2 Å². The van der Waals surface area contributed by atoms with Crippen LogP contribution in [0.3, 0.4) is 0 Å². The number of carbonyl (C=O) groups excluding carboxylic acids is 1. The second kappa shape index (κ2) is 6.75. The van der Waals surface area contributed by atoms with Crippen molar-refractivity contribution < 1.29 is 9.53 Å². The molecule has 0 saturated heterocycles. The molecular formula is C16H24N2O2. The molecule has 0 aromatic heterocycles. The van der Waals surface area contributed by atoms with Crippen molar-refractivity contribution in [3.05, 3.63) is 35.9 Å². The molecule has 0 unspecified atom stereocenters. The highest BCUT2D eigenvalue weighted by Gasteiger charge is 2.41.